The molecule has 1 rings (SSSR count). The van der Waals surface area contributed by atoms with Crippen LogP contribution >= 0.6 is 0 Å². The molecule has 64 valence electrons. The van der Waals surface area contributed by atoms with Crippen molar-refractivity contribution in [3.8, 4) is 0 Å². The Morgan fingerprint density at radius 3 is 2.00 bits per heavy atom. The maximum atomic E-state index is 5.80. The Morgan fingerprint density at radius 2 is 1.82 bits per heavy atom. The van der Waals surface area contributed by atoms with Gasteiger partial charge in [0.2, 0.25) is 0 Å². The summed E-state index contributed by atoms with van der Waals surface area (Å²) in [6.45, 7) is 10.8. The van der Waals surface area contributed by atoms with Gasteiger partial charge in [-0.3, -0.25) is 0 Å². The largest absolute Gasteiger partial charge is 0.415 e. The molecular weight excluding hydrogens is 137 g/mol. The molecule has 1 aliphatic rings. The zero-order valence-electron chi connectivity index (χ0n) is 8.19. The van der Waals surface area contributed by atoms with Crippen molar-refractivity contribution in [3.63, 3.8) is 0 Å². The predicted molar refractivity (Wildman–Crippen MR) is 48.6 cm³/mol. The van der Waals surface area contributed by atoms with Crippen molar-refractivity contribution in [1.82, 2.24) is 5.23 Å². The molecule has 0 amide bonds. The van der Waals surface area contributed by atoms with E-state index < -0.39 is 0 Å². The highest BCUT2D eigenvalue weighted by Crippen LogP contribution is 2.32. The summed E-state index contributed by atoms with van der Waals surface area (Å²) in [6.07, 6.45) is 1.03. The second-order valence-electron chi connectivity index (χ2n) is 4.29. The lowest BCUT2D eigenvalue weighted by Gasteiger charge is -2.33. The van der Waals surface area contributed by atoms with E-state index in [1.807, 2.05) is 0 Å². The van der Waals surface area contributed by atoms with E-state index in [2.05, 4.69) is 39.8 Å². The van der Waals surface area contributed by atoms with Crippen molar-refractivity contribution in [1.29, 1.82) is 0 Å². The van der Waals surface area contributed by atoms with Crippen LogP contribution in [0.25, 0.3) is 0 Å². The fourth-order valence-electron chi connectivity index (χ4n) is 1.29. The fourth-order valence-corrected chi connectivity index (χ4v) is 1.29. The van der Waals surface area contributed by atoms with Crippen LogP contribution < -0.4 is 5.23 Å². The highest BCUT2D eigenvalue weighted by atomic mass is 16.5. The first-order valence-corrected chi connectivity index (χ1v) is 4.34. The van der Waals surface area contributed by atoms with Gasteiger partial charge < -0.3 is 9.88 Å². The van der Waals surface area contributed by atoms with Gasteiger partial charge in [-0.25, -0.2) is 0 Å². The molecule has 1 heterocycles. The van der Waals surface area contributed by atoms with Crippen LogP contribution in [0.3, 0.4) is 0 Å². The average Bonchev–Trinajstić information content (AvgIpc) is 2.03. The third-order valence-corrected chi connectivity index (χ3v) is 2.83. The number of rotatable bonds is 1. The van der Waals surface area contributed by atoms with E-state index >= 15 is 0 Å². The Labute approximate surface area is 69.8 Å². The van der Waals surface area contributed by atoms with Crippen LogP contribution in [0.5, 0.6) is 0 Å². The summed E-state index contributed by atoms with van der Waals surface area (Å²) in [5, 5.41) is 3.45. The van der Waals surface area contributed by atoms with Gasteiger partial charge in [0.05, 0.1) is 5.60 Å². The van der Waals surface area contributed by atoms with Crippen LogP contribution in [0, 0.1) is 0 Å². The van der Waals surface area contributed by atoms with Crippen molar-refractivity contribution >= 4 is 7.05 Å². The summed E-state index contributed by atoms with van der Waals surface area (Å²) in [7, 11) is 0.236. The van der Waals surface area contributed by atoms with Gasteiger partial charge in [0.25, 0.3) is 0 Å². The highest BCUT2D eigenvalue weighted by molar-refractivity contribution is 6.50. The van der Waals surface area contributed by atoms with E-state index in [1.54, 1.807) is 0 Å². The monoisotopic (exact) mass is 155 g/mol. The molecule has 0 aromatic rings. The lowest BCUT2D eigenvalue weighted by Crippen LogP contribution is -2.49. The molecule has 0 unspecified atom stereocenters. The molecule has 0 atom stereocenters. The van der Waals surface area contributed by atoms with Crippen LogP contribution in [0.15, 0.2) is 0 Å². The van der Waals surface area contributed by atoms with E-state index in [4.69, 9.17) is 4.65 Å². The standard InChI is InChI=1S/C8H18BNO/c1-6-9-10-7(2,3)8(4,5)11-9/h10H,6H2,1-5H3. The molecule has 0 aliphatic carbocycles. The molecule has 0 aromatic carbocycles. The number of hydrogen-bond acceptors (Lipinski definition) is 2. The average molecular weight is 155 g/mol. The molecule has 0 radical (unpaired) electrons. The smallest absolute Gasteiger partial charge is 0.380 e. The molecule has 11 heavy (non-hydrogen) atoms. The van der Waals surface area contributed by atoms with E-state index in [0.717, 1.165) is 6.32 Å². The van der Waals surface area contributed by atoms with E-state index in [9.17, 15) is 0 Å². The van der Waals surface area contributed by atoms with Crippen molar-refractivity contribution in [3.05, 3.63) is 0 Å². The maximum Gasteiger partial charge on any atom is 0.380 e. The first-order chi connectivity index (χ1) is 4.89. The Bertz CT molecular complexity index is 140. The molecular formula is C8H18BNO. The Balaban J connectivity index is 2.72. The normalized spacial score (nSPS) is 27.5. The lowest BCUT2D eigenvalue weighted by atomic mass is 9.79. The molecule has 1 aliphatic heterocycles. The summed E-state index contributed by atoms with van der Waals surface area (Å²) < 4.78 is 5.80. The van der Waals surface area contributed by atoms with Crippen molar-refractivity contribution in [2.45, 2.75) is 52.1 Å². The van der Waals surface area contributed by atoms with Gasteiger partial charge in [0.1, 0.15) is 0 Å². The number of nitrogens with one attached hydrogen (secondary N) is 1. The second-order valence-corrected chi connectivity index (χ2v) is 4.29. The first-order valence-electron chi connectivity index (χ1n) is 4.34. The number of hydrogen-bond donors (Lipinski definition) is 1. The molecule has 0 spiro atoms. The minimum absolute atomic E-state index is 0.0479. The van der Waals surface area contributed by atoms with Crippen molar-refractivity contribution < 1.29 is 4.65 Å². The molecule has 2 nitrogen and oxygen atoms in total. The summed E-state index contributed by atoms with van der Waals surface area (Å²) in [5.41, 5.74) is 0.0430. The van der Waals surface area contributed by atoms with E-state index in [-0.39, 0.29) is 18.2 Å². The molecule has 3 heteroatoms. The van der Waals surface area contributed by atoms with Gasteiger partial charge in [0.15, 0.2) is 0 Å². The van der Waals surface area contributed by atoms with Crippen LogP contribution in [0.4, 0.5) is 0 Å². The van der Waals surface area contributed by atoms with Crippen LogP contribution in [0.2, 0.25) is 6.32 Å². The van der Waals surface area contributed by atoms with Gasteiger partial charge in [-0.2, -0.15) is 0 Å². The SMILES string of the molecule is CCB1NC(C)(C)C(C)(C)O1. The summed E-state index contributed by atoms with van der Waals surface area (Å²) in [6, 6.07) is 0. The third-order valence-electron chi connectivity index (χ3n) is 2.83. The van der Waals surface area contributed by atoms with Gasteiger partial charge in [0, 0.05) is 5.54 Å². The summed E-state index contributed by atoms with van der Waals surface area (Å²) >= 11 is 0. The topological polar surface area (TPSA) is 21.3 Å². The second kappa shape index (κ2) is 2.49. The zero-order valence-corrected chi connectivity index (χ0v) is 8.19. The third kappa shape index (κ3) is 1.45. The van der Waals surface area contributed by atoms with Crippen molar-refractivity contribution in [2.75, 3.05) is 0 Å². The fraction of sp³-hybridized carbons (Fsp3) is 1.00. The molecule has 0 aromatic heterocycles. The van der Waals surface area contributed by atoms with Crippen molar-refractivity contribution in [2.24, 2.45) is 0 Å². The van der Waals surface area contributed by atoms with Gasteiger partial charge in [-0.15, -0.1) is 0 Å². The van der Waals surface area contributed by atoms with Crippen LogP contribution in [-0.2, 0) is 4.65 Å². The van der Waals surface area contributed by atoms with Gasteiger partial charge in [-0.1, -0.05) is 6.92 Å². The molecule has 0 bridgehead atoms. The maximum absolute atomic E-state index is 5.80. The Morgan fingerprint density at radius 1 is 1.27 bits per heavy atom. The van der Waals surface area contributed by atoms with E-state index in [1.165, 1.54) is 0 Å². The molecule has 1 saturated heterocycles. The Kier molecular flexibility index (Phi) is 2.06. The minimum Gasteiger partial charge on any atom is -0.415 e. The van der Waals surface area contributed by atoms with E-state index in [0.29, 0.717) is 0 Å². The summed E-state index contributed by atoms with van der Waals surface area (Å²) in [4.78, 5) is 0. The van der Waals surface area contributed by atoms with Crippen LogP contribution in [0.1, 0.15) is 34.6 Å². The van der Waals surface area contributed by atoms with Gasteiger partial charge in [-0.05, 0) is 34.0 Å². The molecule has 1 N–H and O–H groups in total. The highest BCUT2D eigenvalue weighted by Gasteiger charge is 2.48. The minimum atomic E-state index is -0.0479. The zero-order chi connectivity index (χ0) is 8.70. The summed E-state index contributed by atoms with van der Waals surface area (Å²) in [5.74, 6) is 0. The lowest BCUT2D eigenvalue weighted by molar-refractivity contribution is 0.0735. The molecule has 1 fully saturated rings. The van der Waals surface area contributed by atoms with Crippen LogP contribution in [-0.4, -0.2) is 18.2 Å². The quantitative estimate of drug-likeness (QED) is 0.581. The molecule has 0 saturated carbocycles. The predicted octanol–water partition coefficient (Wildman–Crippen LogP) is 1.67. The first kappa shape index (κ1) is 9.08. The van der Waals surface area contributed by atoms with Gasteiger partial charge >= 0.3 is 7.05 Å². The Hall–Kier alpha value is -0.0151.